The summed E-state index contributed by atoms with van der Waals surface area (Å²) in [7, 11) is 1.74. The minimum Gasteiger partial charge on any atom is -0.451 e. The van der Waals surface area contributed by atoms with Gasteiger partial charge in [0.15, 0.2) is 6.61 Å². The van der Waals surface area contributed by atoms with E-state index in [9.17, 15) is 9.59 Å². The Morgan fingerprint density at radius 2 is 2.10 bits per heavy atom. The third kappa shape index (κ3) is 4.13. The zero-order valence-electron chi connectivity index (χ0n) is 11.8. The van der Waals surface area contributed by atoms with Gasteiger partial charge in [-0.2, -0.15) is 0 Å². The Kier molecular flexibility index (Phi) is 5.05. The van der Waals surface area contributed by atoms with E-state index in [0.29, 0.717) is 11.4 Å². The Balaban J connectivity index is 1.87. The largest absolute Gasteiger partial charge is 0.451 e. The summed E-state index contributed by atoms with van der Waals surface area (Å²) in [5.41, 5.74) is 1.09. The van der Waals surface area contributed by atoms with Crippen molar-refractivity contribution in [1.82, 2.24) is 4.57 Å². The van der Waals surface area contributed by atoms with Crippen molar-refractivity contribution in [2.75, 3.05) is 18.2 Å². The van der Waals surface area contributed by atoms with Gasteiger partial charge < -0.3 is 14.6 Å². The maximum Gasteiger partial charge on any atom is 0.355 e. The number of nitrogens with one attached hydrogen (secondary N) is 1. The van der Waals surface area contributed by atoms with Crippen LogP contribution in [0.3, 0.4) is 0 Å². The minimum atomic E-state index is -0.518. The van der Waals surface area contributed by atoms with Crippen molar-refractivity contribution >= 4 is 29.3 Å². The van der Waals surface area contributed by atoms with E-state index < -0.39 is 5.97 Å². The molecule has 0 bridgehead atoms. The van der Waals surface area contributed by atoms with Gasteiger partial charge in [-0.05, 0) is 36.6 Å². The van der Waals surface area contributed by atoms with Crippen molar-refractivity contribution in [2.24, 2.45) is 7.05 Å². The molecule has 0 saturated heterocycles. The van der Waals surface area contributed by atoms with Crippen molar-refractivity contribution in [2.45, 2.75) is 4.90 Å². The molecule has 1 amide bonds. The number of anilines is 1. The van der Waals surface area contributed by atoms with E-state index >= 15 is 0 Å². The van der Waals surface area contributed by atoms with Crippen LogP contribution in [-0.4, -0.2) is 29.3 Å². The molecule has 0 radical (unpaired) electrons. The third-order valence-electron chi connectivity index (χ3n) is 2.84. The summed E-state index contributed by atoms with van der Waals surface area (Å²) in [6, 6.07) is 10.8. The molecule has 5 nitrogen and oxygen atoms in total. The lowest BCUT2D eigenvalue weighted by Crippen LogP contribution is -2.21. The Labute approximate surface area is 127 Å². The van der Waals surface area contributed by atoms with E-state index in [1.165, 1.54) is 0 Å². The summed E-state index contributed by atoms with van der Waals surface area (Å²) in [5, 5.41) is 2.70. The standard InChI is InChI=1S/C15H16N2O3S/c1-17-8-4-7-13(17)15(19)20-10-14(18)16-11-5-3-6-12(9-11)21-2/h3-9H,10H2,1-2H3,(H,16,18). The van der Waals surface area contributed by atoms with E-state index in [2.05, 4.69) is 5.32 Å². The Bertz CT molecular complexity index is 652. The van der Waals surface area contributed by atoms with Crippen molar-refractivity contribution in [1.29, 1.82) is 0 Å². The second kappa shape index (κ2) is 6.99. The molecule has 0 fully saturated rings. The molecule has 0 aliphatic rings. The van der Waals surface area contributed by atoms with Crippen LogP contribution in [-0.2, 0) is 16.6 Å². The van der Waals surface area contributed by atoms with Crippen LogP contribution in [0.5, 0.6) is 0 Å². The molecule has 0 spiro atoms. The molecule has 6 heteroatoms. The van der Waals surface area contributed by atoms with Crippen LogP contribution in [0.1, 0.15) is 10.5 Å². The average molecular weight is 304 g/mol. The number of nitrogens with zero attached hydrogens (tertiary/aromatic N) is 1. The first-order chi connectivity index (χ1) is 10.1. The normalized spacial score (nSPS) is 10.2. The smallest absolute Gasteiger partial charge is 0.355 e. The highest BCUT2D eigenvalue weighted by Crippen LogP contribution is 2.18. The van der Waals surface area contributed by atoms with Crippen molar-refractivity contribution < 1.29 is 14.3 Å². The fraction of sp³-hybridized carbons (Fsp3) is 0.200. The van der Waals surface area contributed by atoms with Gasteiger partial charge in [-0.15, -0.1) is 11.8 Å². The molecule has 21 heavy (non-hydrogen) atoms. The summed E-state index contributed by atoms with van der Waals surface area (Å²) >= 11 is 1.59. The number of hydrogen-bond acceptors (Lipinski definition) is 4. The Morgan fingerprint density at radius 1 is 1.29 bits per heavy atom. The lowest BCUT2D eigenvalue weighted by atomic mass is 10.3. The fourth-order valence-corrected chi connectivity index (χ4v) is 2.24. The van der Waals surface area contributed by atoms with Gasteiger partial charge in [-0.25, -0.2) is 4.79 Å². The molecule has 0 aliphatic heterocycles. The van der Waals surface area contributed by atoms with E-state index in [1.807, 2.05) is 24.5 Å². The molecule has 2 rings (SSSR count). The molecule has 0 atom stereocenters. The van der Waals surface area contributed by atoms with Crippen LogP contribution in [0, 0.1) is 0 Å². The molecular weight excluding hydrogens is 288 g/mol. The van der Waals surface area contributed by atoms with Gasteiger partial charge in [0.25, 0.3) is 5.91 Å². The number of aryl methyl sites for hydroxylation is 1. The molecule has 0 unspecified atom stereocenters. The maximum absolute atomic E-state index is 11.8. The van der Waals surface area contributed by atoms with Gasteiger partial charge in [0, 0.05) is 23.8 Å². The first-order valence-corrected chi connectivity index (χ1v) is 7.55. The number of benzene rings is 1. The highest BCUT2D eigenvalue weighted by Gasteiger charge is 2.12. The lowest BCUT2D eigenvalue weighted by molar-refractivity contribution is -0.119. The average Bonchev–Trinajstić information content (AvgIpc) is 2.91. The Hall–Kier alpha value is -2.21. The zero-order chi connectivity index (χ0) is 15.2. The first-order valence-electron chi connectivity index (χ1n) is 6.32. The van der Waals surface area contributed by atoms with E-state index in [0.717, 1.165) is 4.90 Å². The number of hydrogen-bond donors (Lipinski definition) is 1. The molecule has 0 saturated carbocycles. The quantitative estimate of drug-likeness (QED) is 0.681. The number of amides is 1. The third-order valence-corrected chi connectivity index (χ3v) is 3.57. The molecule has 2 aromatic rings. The van der Waals surface area contributed by atoms with Crippen LogP contribution >= 0.6 is 11.8 Å². The van der Waals surface area contributed by atoms with E-state index in [1.54, 1.807) is 47.8 Å². The predicted molar refractivity (Wildman–Crippen MR) is 82.5 cm³/mol. The van der Waals surface area contributed by atoms with Gasteiger partial charge in [0.2, 0.25) is 0 Å². The summed E-state index contributed by atoms with van der Waals surface area (Å²) in [4.78, 5) is 24.6. The van der Waals surface area contributed by atoms with Gasteiger partial charge in [0.1, 0.15) is 5.69 Å². The molecule has 1 aromatic heterocycles. The molecule has 1 heterocycles. The topological polar surface area (TPSA) is 60.3 Å². The summed E-state index contributed by atoms with van der Waals surface area (Å²) < 4.78 is 6.62. The predicted octanol–water partition coefficient (Wildman–Crippen LogP) is 2.54. The highest BCUT2D eigenvalue weighted by molar-refractivity contribution is 7.98. The summed E-state index contributed by atoms with van der Waals surface area (Å²) in [6.07, 6.45) is 3.70. The number of ether oxygens (including phenoxy) is 1. The lowest BCUT2D eigenvalue weighted by Gasteiger charge is -2.08. The van der Waals surface area contributed by atoms with Crippen molar-refractivity contribution in [3.63, 3.8) is 0 Å². The van der Waals surface area contributed by atoms with Crippen LogP contribution < -0.4 is 5.32 Å². The molecule has 1 aromatic carbocycles. The second-order valence-electron chi connectivity index (χ2n) is 4.36. The fourth-order valence-electron chi connectivity index (χ4n) is 1.78. The van der Waals surface area contributed by atoms with Gasteiger partial charge in [0.05, 0.1) is 0 Å². The second-order valence-corrected chi connectivity index (χ2v) is 5.24. The number of thioether (sulfide) groups is 1. The van der Waals surface area contributed by atoms with Crippen LogP contribution in [0.4, 0.5) is 5.69 Å². The molecule has 110 valence electrons. The van der Waals surface area contributed by atoms with Gasteiger partial charge >= 0.3 is 5.97 Å². The summed E-state index contributed by atoms with van der Waals surface area (Å²) in [5.74, 6) is -0.883. The number of aromatic nitrogens is 1. The van der Waals surface area contributed by atoms with Crippen LogP contribution in [0.15, 0.2) is 47.5 Å². The highest BCUT2D eigenvalue weighted by atomic mass is 32.2. The van der Waals surface area contributed by atoms with Crippen LogP contribution in [0.25, 0.3) is 0 Å². The first kappa shape index (κ1) is 15.2. The van der Waals surface area contributed by atoms with E-state index in [-0.39, 0.29) is 12.5 Å². The number of esters is 1. The zero-order valence-corrected chi connectivity index (χ0v) is 12.6. The maximum atomic E-state index is 11.8. The number of carbonyl (C=O) groups is 2. The minimum absolute atomic E-state index is 0.312. The van der Waals surface area contributed by atoms with Crippen molar-refractivity contribution in [3.05, 3.63) is 48.3 Å². The molecule has 1 N–H and O–H groups in total. The number of rotatable bonds is 5. The van der Waals surface area contributed by atoms with Gasteiger partial charge in [-0.1, -0.05) is 6.07 Å². The molecule has 0 aliphatic carbocycles. The van der Waals surface area contributed by atoms with Crippen LogP contribution in [0.2, 0.25) is 0 Å². The van der Waals surface area contributed by atoms with Crippen molar-refractivity contribution in [3.8, 4) is 0 Å². The Morgan fingerprint density at radius 3 is 2.76 bits per heavy atom. The van der Waals surface area contributed by atoms with E-state index in [4.69, 9.17) is 4.74 Å². The van der Waals surface area contributed by atoms with Gasteiger partial charge in [-0.3, -0.25) is 4.79 Å². The molecular formula is C15H16N2O3S. The SMILES string of the molecule is CSc1cccc(NC(=O)COC(=O)c2cccn2C)c1. The summed E-state index contributed by atoms with van der Waals surface area (Å²) in [6.45, 7) is -0.312. The monoisotopic (exact) mass is 304 g/mol. The number of carbonyl (C=O) groups excluding carboxylic acids is 2.